The third-order valence-electron chi connectivity index (χ3n) is 3.61. The molecule has 2 saturated heterocycles. The summed E-state index contributed by atoms with van der Waals surface area (Å²) in [6, 6.07) is 0. The molecule has 0 amide bonds. The first-order chi connectivity index (χ1) is 5.62. The Balaban J connectivity index is 2.11. The molecule has 2 nitrogen and oxygen atoms in total. The number of rotatable bonds is 1. The van der Waals surface area contributed by atoms with Crippen LogP contribution in [0.1, 0.15) is 33.1 Å². The van der Waals surface area contributed by atoms with Gasteiger partial charge in [-0.15, -0.1) is 0 Å². The van der Waals surface area contributed by atoms with Gasteiger partial charge in [0.25, 0.3) is 0 Å². The van der Waals surface area contributed by atoms with Crippen molar-refractivity contribution in [2.24, 2.45) is 5.92 Å². The van der Waals surface area contributed by atoms with Gasteiger partial charge in [0.2, 0.25) is 0 Å². The third-order valence-corrected chi connectivity index (χ3v) is 3.61. The van der Waals surface area contributed by atoms with Crippen LogP contribution in [0, 0.1) is 5.92 Å². The molecule has 0 aromatic carbocycles. The third kappa shape index (κ3) is 1.09. The fourth-order valence-corrected chi connectivity index (χ4v) is 2.76. The van der Waals surface area contributed by atoms with Gasteiger partial charge >= 0.3 is 0 Å². The molecule has 0 bridgehead atoms. The molecule has 2 aliphatic heterocycles. The Morgan fingerprint density at radius 1 is 1.58 bits per heavy atom. The molecule has 0 saturated carbocycles. The van der Waals surface area contributed by atoms with Crippen LogP contribution >= 0.6 is 0 Å². The minimum Gasteiger partial charge on any atom is -0.300 e. The van der Waals surface area contributed by atoms with Crippen molar-refractivity contribution in [2.45, 2.75) is 38.6 Å². The lowest BCUT2D eigenvalue weighted by atomic mass is 9.90. The van der Waals surface area contributed by atoms with Crippen molar-refractivity contribution in [1.82, 2.24) is 4.90 Å². The monoisotopic (exact) mass is 167 g/mol. The number of nitrogens with zero attached hydrogens (tertiary/aromatic N) is 1. The molecular weight excluding hydrogens is 150 g/mol. The van der Waals surface area contributed by atoms with Crippen molar-refractivity contribution in [3.8, 4) is 0 Å². The van der Waals surface area contributed by atoms with Gasteiger partial charge in [-0.25, -0.2) is 0 Å². The maximum atomic E-state index is 11.2. The fraction of sp³-hybridized carbons (Fsp3) is 0.900. The molecule has 0 aromatic rings. The molecule has 2 fully saturated rings. The van der Waals surface area contributed by atoms with Crippen LogP contribution in [-0.4, -0.2) is 29.3 Å². The van der Waals surface area contributed by atoms with Crippen LogP contribution in [0.4, 0.5) is 0 Å². The largest absolute Gasteiger partial charge is 0.300 e. The van der Waals surface area contributed by atoms with E-state index >= 15 is 0 Å². The van der Waals surface area contributed by atoms with Gasteiger partial charge in [-0.3, -0.25) is 9.69 Å². The topological polar surface area (TPSA) is 20.3 Å². The van der Waals surface area contributed by atoms with Crippen molar-refractivity contribution >= 4 is 5.78 Å². The standard InChI is InChI=1S/C10H17NO/c1-8(12)9-6-10(2)4-3-5-11(10)7-9/h9H,3-7H2,1-2H3. The number of Topliss-reactive ketones (excluding diaryl/α,β-unsaturated/α-hetero) is 1. The summed E-state index contributed by atoms with van der Waals surface area (Å²) in [5.41, 5.74) is 0.371. The number of hydrogen-bond acceptors (Lipinski definition) is 2. The highest BCUT2D eigenvalue weighted by atomic mass is 16.1. The van der Waals surface area contributed by atoms with E-state index in [1.165, 1.54) is 19.4 Å². The van der Waals surface area contributed by atoms with Crippen LogP contribution in [0.2, 0.25) is 0 Å². The van der Waals surface area contributed by atoms with Gasteiger partial charge in [-0.2, -0.15) is 0 Å². The minimum absolute atomic E-state index is 0.329. The first kappa shape index (κ1) is 8.24. The van der Waals surface area contributed by atoms with Crippen LogP contribution in [0.5, 0.6) is 0 Å². The molecule has 2 atom stereocenters. The van der Waals surface area contributed by atoms with E-state index in [4.69, 9.17) is 0 Å². The summed E-state index contributed by atoms with van der Waals surface area (Å²) in [6.45, 7) is 6.27. The second-order valence-corrected chi connectivity index (χ2v) is 4.56. The second-order valence-electron chi connectivity index (χ2n) is 4.56. The van der Waals surface area contributed by atoms with Gasteiger partial charge in [0.1, 0.15) is 5.78 Å². The lowest BCUT2D eigenvalue weighted by molar-refractivity contribution is -0.120. The Morgan fingerprint density at radius 2 is 2.33 bits per heavy atom. The summed E-state index contributed by atoms with van der Waals surface area (Å²) >= 11 is 0. The van der Waals surface area contributed by atoms with Crippen LogP contribution in [0.25, 0.3) is 0 Å². The zero-order valence-corrected chi connectivity index (χ0v) is 7.97. The molecule has 0 spiro atoms. The second kappa shape index (κ2) is 2.56. The van der Waals surface area contributed by atoms with E-state index in [-0.39, 0.29) is 0 Å². The molecule has 12 heavy (non-hydrogen) atoms. The number of hydrogen-bond donors (Lipinski definition) is 0. The SMILES string of the molecule is CC(=O)C1CN2CCCC2(C)C1. The predicted octanol–water partition coefficient (Wildman–Crippen LogP) is 1.45. The highest BCUT2D eigenvalue weighted by Gasteiger charge is 2.45. The Hall–Kier alpha value is -0.370. The van der Waals surface area contributed by atoms with Gasteiger partial charge in [-0.1, -0.05) is 0 Å². The van der Waals surface area contributed by atoms with Gasteiger partial charge < -0.3 is 0 Å². The molecule has 2 rings (SSSR count). The number of fused-ring (bicyclic) bond motifs is 1. The number of carbonyl (C=O) groups excluding carboxylic acids is 1. The highest BCUT2D eigenvalue weighted by Crippen LogP contribution is 2.41. The van der Waals surface area contributed by atoms with Crippen molar-refractivity contribution in [1.29, 1.82) is 0 Å². The Morgan fingerprint density at radius 3 is 2.92 bits per heavy atom. The van der Waals surface area contributed by atoms with Crippen LogP contribution in [0.3, 0.4) is 0 Å². The lowest BCUT2D eigenvalue weighted by Crippen LogP contribution is -2.34. The normalized spacial score (nSPS) is 41.7. The fourth-order valence-electron chi connectivity index (χ4n) is 2.76. The predicted molar refractivity (Wildman–Crippen MR) is 48.0 cm³/mol. The molecule has 0 N–H and O–H groups in total. The summed E-state index contributed by atoms with van der Waals surface area (Å²) in [6.07, 6.45) is 3.71. The van der Waals surface area contributed by atoms with E-state index in [1.54, 1.807) is 6.92 Å². The Kier molecular flexibility index (Phi) is 1.76. The molecule has 0 aliphatic carbocycles. The zero-order chi connectivity index (χ0) is 8.77. The maximum absolute atomic E-state index is 11.2. The molecular formula is C10H17NO. The summed E-state index contributed by atoms with van der Waals surface area (Å²) in [5.74, 6) is 0.709. The molecule has 2 heteroatoms. The van der Waals surface area contributed by atoms with Crippen molar-refractivity contribution in [3.63, 3.8) is 0 Å². The molecule has 2 aliphatic rings. The zero-order valence-electron chi connectivity index (χ0n) is 7.97. The van der Waals surface area contributed by atoms with E-state index in [0.29, 0.717) is 17.2 Å². The molecule has 2 unspecified atom stereocenters. The Bertz CT molecular complexity index is 214. The molecule has 68 valence electrons. The molecule has 0 aromatic heterocycles. The van der Waals surface area contributed by atoms with Crippen molar-refractivity contribution in [2.75, 3.05) is 13.1 Å². The van der Waals surface area contributed by atoms with E-state index in [0.717, 1.165) is 13.0 Å². The first-order valence-corrected chi connectivity index (χ1v) is 4.87. The number of ketones is 1. The van der Waals surface area contributed by atoms with Crippen molar-refractivity contribution < 1.29 is 4.79 Å². The first-order valence-electron chi connectivity index (χ1n) is 4.87. The van der Waals surface area contributed by atoms with E-state index in [1.807, 2.05) is 0 Å². The minimum atomic E-state index is 0.329. The van der Waals surface area contributed by atoms with E-state index < -0.39 is 0 Å². The van der Waals surface area contributed by atoms with Gasteiger partial charge in [0.05, 0.1) is 0 Å². The van der Waals surface area contributed by atoms with Gasteiger partial charge in [0.15, 0.2) is 0 Å². The summed E-state index contributed by atoms with van der Waals surface area (Å²) < 4.78 is 0. The Labute approximate surface area is 73.9 Å². The smallest absolute Gasteiger partial charge is 0.134 e. The highest BCUT2D eigenvalue weighted by molar-refractivity contribution is 5.79. The quantitative estimate of drug-likeness (QED) is 0.589. The summed E-state index contributed by atoms with van der Waals surface area (Å²) in [5, 5.41) is 0. The summed E-state index contributed by atoms with van der Waals surface area (Å²) in [7, 11) is 0. The average Bonchev–Trinajstić information content (AvgIpc) is 2.41. The van der Waals surface area contributed by atoms with Crippen LogP contribution in [-0.2, 0) is 4.79 Å². The van der Waals surface area contributed by atoms with Gasteiger partial charge in [-0.05, 0) is 39.7 Å². The average molecular weight is 167 g/mol. The molecule has 2 heterocycles. The van der Waals surface area contributed by atoms with E-state index in [2.05, 4.69) is 11.8 Å². The summed E-state index contributed by atoms with van der Waals surface area (Å²) in [4.78, 5) is 13.7. The molecule has 0 radical (unpaired) electrons. The van der Waals surface area contributed by atoms with E-state index in [9.17, 15) is 4.79 Å². The van der Waals surface area contributed by atoms with Crippen molar-refractivity contribution in [3.05, 3.63) is 0 Å². The number of carbonyl (C=O) groups is 1. The lowest BCUT2D eigenvalue weighted by Gasteiger charge is -2.26. The van der Waals surface area contributed by atoms with Crippen LogP contribution < -0.4 is 0 Å². The maximum Gasteiger partial charge on any atom is 0.134 e. The van der Waals surface area contributed by atoms with Crippen LogP contribution in [0.15, 0.2) is 0 Å². The van der Waals surface area contributed by atoms with Gasteiger partial charge in [0, 0.05) is 18.0 Å².